The molecular weight excluding hydrogens is 440 g/mol. The Balaban J connectivity index is 1.36. The number of hydrogen-bond acceptors (Lipinski definition) is 5. The molecule has 0 spiro atoms. The summed E-state index contributed by atoms with van der Waals surface area (Å²) in [5.74, 6) is -1.28. The number of nitrogens with zero attached hydrogens (tertiary/aromatic N) is 3. The number of Topliss-reactive ketones (excluding diaryl/α,β-unsaturated/α-hetero) is 1. The van der Waals surface area contributed by atoms with Gasteiger partial charge in [0, 0.05) is 18.2 Å². The molecule has 2 aromatic heterocycles. The van der Waals surface area contributed by atoms with E-state index in [1.165, 1.54) is 12.1 Å². The fraction of sp³-hybridized carbons (Fsp3) is 0.522. The monoisotopic (exact) mass is 462 g/mol. The fourth-order valence-corrected chi connectivity index (χ4v) is 6.70. The Morgan fingerprint density at radius 2 is 1.79 bits per heavy atom. The van der Waals surface area contributed by atoms with Crippen molar-refractivity contribution in [2.75, 3.05) is 0 Å². The van der Waals surface area contributed by atoms with E-state index in [1.807, 2.05) is 0 Å². The average Bonchev–Trinajstić information content (AvgIpc) is 2.72. The van der Waals surface area contributed by atoms with Gasteiger partial charge in [0.25, 0.3) is 5.91 Å². The third-order valence-corrected chi connectivity index (χ3v) is 7.26. The van der Waals surface area contributed by atoms with Crippen LogP contribution in [0, 0.1) is 23.1 Å². The van der Waals surface area contributed by atoms with Crippen molar-refractivity contribution in [1.29, 1.82) is 0 Å². The van der Waals surface area contributed by atoms with Gasteiger partial charge in [0.2, 0.25) is 5.82 Å². The molecule has 10 heteroatoms. The van der Waals surface area contributed by atoms with Crippen molar-refractivity contribution in [2.24, 2.45) is 17.3 Å². The Morgan fingerprint density at radius 1 is 1.06 bits per heavy atom. The van der Waals surface area contributed by atoms with Crippen molar-refractivity contribution in [1.82, 2.24) is 20.3 Å². The van der Waals surface area contributed by atoms with E-state index in [0.717, 1.165) is 50.6 Å². The first-order valence-corrected chi connectivity index (χ1v) is 10.9. The second kappa shape index (κ2) is 7.56. The van der Waals surface area contributed by atoms with E-state index >= 15 is 0 Å². The highest BCUT2D eigenvalue weighted by Crippen LogP contribution is 2.63. The molecule has 174 valence electrons. The van der Waals surface area contributed by atoms with Gasteiger partial charge < -0.3 is 5.32 Å². The predicted molar refractivity (Wildman–Crippen MR) is 107 cm³/mol. The van der Waals surface area contributed by atoms with Crippen molar-refractivity contribution in [3.63, 3.8) is 0 Å². The summed E-state index contributed by atoms with van der Waals surface area (Å²) < 4.78 is 52.2. The average molecular weight is 462 g/mol. The summed E-state index contributed by atoms with van der Waals surface area (Å²) in [7, 11) is 0. The maximum absolute atomic E-state index is 13.2. The second-order valence-electron chi connectivity index (χ2n) is 9.92. The molecule has 33 heavy (non-hydrogen) atoms. The summed E-state index contributed by atoms with van der Waals surface area (Å²) >= 11 is 0. The van der Waals surface area contributed by atoms with Gasteiger partial charge in [-0.2, -0.15) is 13.2 Å². The van der Waals surface area contributed by atoms with Crippen LogP contribution in [0.1, 0.15) is 71.7 Å². The molecule has 1 N–H and O–H groups in total. The number of hydrogen-bond donors (Lipinski definition) is 1. The number of halogens is 4. The normalized spacial score (nSPS) is 30.3. The highest BCUT2D eigenvalue weighted by molar-refractivity contribution is 5.94. The smallest absolute Gasteiger partial charge is 0.344 e. The molecule has 0 saturated heterocycles. The Morgan fingerprint density at radius 3 is 2.42 bits per heavy atom. The number of nitrogens with one attached hydrogen (secondary N) is 1. The molecule has 6 nitrogen and oxygen atoms in total. The van der Waals surface area contributed by atoms with Crippen LogP contribution in [0.2, 0.25) is 0 Å². The molecule has 6 rings (SSSR count). The topological polar surface area (TPSA) is 84.8 Å². The lowest BCUT2D eigenvalue weighted by Gasteiger charge is -2.62. The Bertz CT molecular complexity index is 1090. The highest BCUT2D eigenvalue weighted by atomic mass is 19.4. The van der Waals surface area contributed by atoms with Crippen LogP contribution < -0.4 is 5.32 Å². The van der Waals surface area contributed by atoms with Crippen LogP contribution in [-0.4, -0.2) is 32.2 Å². The van der Waals surface area contributed by atoms with E-state index in [-0.39, 0.29) is 23.3 Å². The number of amides is 1. The molecule has 2 heterocycles. The number of pyridine rings is 1. The summed E-state index contributed by atoms with van der Waals surface area (Å²) in [6.45, 7) is 0. The molecule has 1 amide bonds. The summed E-state index contributed by atoms with van der Waals surface area (Å²) in [5.41, 5.74) is -1.88. The lowest BCUT2D eigenvalue weighted by Crippen LogP contribution is -2.63. The number of alkyl halides is 3. The fourth-order valence-electron chi connectivity index (χ4n) is 6.70. The van der Waals surface area contributed by atoms with Gasteiger partial charge in [-0.3, -0.25) is 14.6 Å². The maximum Gasteiger partial charge on any atom is 0.433 e. The minimum atomic E-state index is -4.67. The van der Waals surface area contributed by atoms with E-state index in [9.17, 15) is 27.2 Å². The lowest BCUT2D eigenvalue weighted by atomic mass is 9.46. The van der Waals surface area contributed by atoms with Crippen LogP contribution in [0.15, 0.2) is 30.6 Å². The molecule has 0 aliphatic heterocycles. The van der Waals surface area contributed by atoms with E-state index in [2.05, 4.69) is 20.3 Å². The Hall–Kier alpha value is -2.91. The molecule has 4 aliphatic carbocycles. The van der Waals surface area contributed by atoms with Gasteiger partial charge in [-0.05, 0) is 74.0 Å². The summed E-state index contributed by atoms with van der Waals surface area (Å²) in [6, 6.07) is 3.31. The van der Waals surface area contributed by atoms with Gasteiger partial charge >= 0.3 is 6.18 Å². The van der Waals surface area contributed by atoms with E-state index in [0.29, 0.717) is 18.3 Å². The minimum absolute atomic E-state index is 0.167. The Labute approximate surface area is 187 Å². The number of carbonyl (C=O) groups is 2. The van der Waals surface area contributed by atoms with Gasteiger partial charge in [0.1, 0.15) is 17.2 Å². The molecule has 4 fully saturated rings. The zero-order valence-corrected chi connectivity index (χ0v) is 17.7. The molecule has 4 aliphatic rings. The standard InChI is InChI=1S/C23H22F4N4O2/c24-15-1-2-16(29-11-15)17(32)10-21-6-13-5-14(7-21)9-22(8-13,12-21)31-20(33)19-28-4-3-18(30-19)23(25,26)27/h1-4,11,13-14H,5-10,12H2,(H,31,33). The van der Waals surface area contributed by atoms with Crippen LogP contribution in [-0.2, 0) is 6.18 Å². The maximum atomic E-state index is 13.2. The first-order chi connectivity index (χ1) is 15.5. The van der Waals surface area contributed by atoms with Gasteiger partial charge in [-0.1, -0.05) is 0 Å². The van der Waals surface area contributed by atoms with Crippen molar-refractivity contribution >= 4 is 11.7 Å². The molecular formula is C23H22F4N4O2. The minimum Gasteiger partial charge on any atom is -0.344 e. The first kappa shape index (κ1) is 21.9. The molecule has 4 bridgehead atoms. The van der Waals surface area contributed by atoms with E-state index in [1.54, 1.807) is 0 Å². The third kappa shape index (κ3) is 4.22. The van der Waals surface area contributed by atoms with E-state index < -0.39 is 35.0 Å². The van der Waals surface area contributed by atoms with Crippen LogP contribution in [0.25, 0.3) is 0 Å². The summed E-state index contributed by atoms with van der Waals surface area (Å²) in [5, 5.41) is 2.96. The molecule has 2 aromatic rings. The lowest BCUT2D eigenvalue weighted by molar-refractivity contribution is -0.141. The van der Waals surface area contributed by atoms with Crippen molar-refractivity contribution in [2.45, 2.75) is 56.7 Å². The summed E-state index contributed by atoms with van der Waals surface area (Å²) in [6.07, 6.45) is 2.25. The second-order valence-corrected chi connectivity index (χ2v) is 9.92. The first-order valence-electron chi connectivity index (χ1n) is 10.9. The number of ketones is 1. The molecule has 0 radical (unpaired) electrons. The quantitative estimate of drug-likeness (QED) is 0.527. The number of carbonyl (C=O) groups excluding carboxylic acids is 2. The third-order valence-electron chi connectivity index (χ3n) is 7.26. The predicted octanol–water partition coefficient (Wildman–Crippen LogP) is 4.37. The SMILES string of the molecule is O=C(CC12CC3CC(C1)CC(NC(=O)c1nccc(C(F)(F)F)n1)(C3)C2)c1ccc(F)cn1. The van der Waals surface area contributed by atoms with Gasteiger partial charge in [0.15, 0.2) is 5.78 Å². The van der Waals surface area contributed by atoms with Crippen molar-refractivity contribution in [3.05, 3.63) is 53.6 Å². The number of aromatic nitrogens is 3. The van der Waals surface area contributed by atoms with Crippen LogP contribution in [0.3, 0.4) is 0 Å². The van der Waals surface area contributed by atoms with Crippen molar-refractivity contribution < 1.29 is 27.2 Å². The van der Waals surface area contributed by atoms with Gasteiger partial charge in [0.05, 0.1) is 6.20 Å². The highest BCUT2D eigenvalue weighted by Gasteiger charge is 2.58. The molecule has 2 unspecified atom stereocenters. The number of rotatable bonds is 5. The molecule has 4 saturated carbocycles. The molecule has 0 aromatic carbocycles. The largest absolute Gasteiger partial charge is 0.433 e. The van der Waals surface area contributed by atoms with Gasteiger partial charge in [-0.25, -0.2) is 14.4 Å². The van der Waals surface area contributed by atoms with Crippen LogP contribution in [0.5, 0.6) is 0 Å². The molecule has 2 atom stereocenters. The summed E-state index contributed by atoms with van der Waals surface area (Å²) in [4.78, 5) is 36.9. The van der Waals surface area contributed by atoms with E-state index in [4.69, 9.17) is 0 Å². The van der Waals surface area contributed by atoms with Gasteiger partial charge in [-0.15, -0.1) is 0 Å². The van der Waals surface area contributed by atoms with Crippen LogP contribution >= 0.6 is 0 Å². The van der Waals surface area contributed by atoms with Crippen molar-refractivity contribution in [3.8, 4) is 0 Å². The zero-order valence-electron chi connectivity index (χ0n) is 17.7. The van der Waals surface area contributed by atoms with Crippen LogP contribution in [0.4, 0.5) is 17.6 Å². The zero-order chi connectivity index (χ0) is 23.4. The Kier molecular flexibility index (Phi) is 5.02.